The van der Waals surface area contributed by atoms with E-state index >= 15 is 0 Å². The van der Waals surface area contributed by atoms with Crippen LogP contribution in [-0.2, 0) is 17.0 Å². The lowest BCUT2D eigenvalue weighted by Gasteiger charge is -2.25. The fourth-order valence-electron chi connectivity index (χ4n) is 4.02. The van der Waals surface area contributed by atoms with E-state index in [1.807, 2.05) is 30.0 Å². The standard InChI is InChI=1S/C27H23NO3S2/c1-17-10-12-19(13-11-17)27-28-25-20-8-5-9-22(31-15-24(29)30)21(20)14-23(26(25)33-27)32-16-18-6-3-2-4-7-18/h2-13,23H,14-16H2,1H3,(H,29,30). The van der Waals surface area contributed by atoms with Crippen molar-refractivity contribution in [3.05, 3.63) is 94.4 Å². The van der Waals surface area contributed by atoms with Crippen LogP contribution in [0.2, 0.25) is 0 Å². The van der Waals surface area contributed by atoms with E-state index in [0.29, 0.717) is 5.75 Å². The van der Waals surface area contributed by atoms with Gasteiger partial charge in [-0.15, -0.1) is 23.1 Å². The van der Waals surface area contributed by atoms with Gasteiger partial charge >= 0.3 is 5.97 Å². The molecule has 0 radical (unpaired) electrons. The number of aromatic nitrogens is 1. The Morgan fingerprint density at radius 3 is 2.64 bits per heavy atom. The summed E-state index contributed by atoms with van der Waals surface area (Å²) in [5.41, 5.74) is 6.70. The molecule has 0 bridgehead atoms. The van der Waals surface area contributed by atoms with Gasteiger partial charge in [-0.05, 0) is 25.0 Å². The first-order valence-electron chi connectivity index (χ1n) is 10.8. The molecule has 6 heteroatoms. The minimum atomic E-state index is -0.977. The largest absolute Gasteiger partial charge is 0.482 e. The summed E-state index contributed by atoms with van der Waals surface area (Å²) >= 11 is 3.66. The zero-order chi connectivity index (χ0) is 22.8. The maximum absolute atomic E-state index is 11.1. The second-order valence-electron chi connectivity index (χ2n) is 8.05. The van der Waals surface area contributed by atoms with Crippen LogP contribution in [0.15, 0.2) is 72.8 Å². The lowest BCUT2D eigenvalue weighted by atomic mass is 9.92. The average molecular weight is 474 g/mol. The molecule has 1 unspecified atom stereocenters. The summed E-state index contributed by atoms with van der Waals surface area (Å²) in [7, 11) is 0. The predicted octanol–water partition coefficient (Wildman–Crippen LogP) is 6.78. The monoisotopic (exact) mass is 473 g/mol. The van der Waals surface area contributed by atoms with Gasteiger partial charge in [-0.2, -0.15) is 0 Å². The van der Waals surface area contributed by atoms with Crippen molar-refractivity contribution in [2.75, 3.05) is 6.61 Å². The maximum atomic E-state index is 11.1. The number of fused-ring (bicyclic) bond motifs is 3. The van der Waals surface area contributed by atoms with Gasteiger partial charge in [0.15, 0.2) is 6.61 Å². The van der Waals surface area contributed by atoms with Crippen molar-refractivity contribution >= 4 is 29.1 Å². The number of aliphatic carboxylic acids is 1. The molecule has 0 saturated heterocycles. The van der Waals surface area contributed by atoms with Crippen molar-refractivity contribution in [3.8, 4) is 27.6 Å². The highest BCUT2D eigenvalue weighted by molar-refractivity contribution is 7.98. The van der Waals surface area contributed by atoms with Gasteiger partial charge in [-0.25, -0.2) is 9.78 Å². The highest BCUT2D eigenvalue weighted by Gasteiger charge is 2.31. The van der Waals surface area contributed by atoms with E-state index in [0.717, 1.165) is 39.6 Å². The quantitative estimate of drug-likeness (QED) is 0.321. The normalized spacial score (nSPS) is 14.4. The van der Waals surface area contributed by atoms with Crippen LogP contribution < -0.4 is 4.74 Å². The van der Waals surface area contributed by atoms with Crippen LogP contribution in [0.1, 0.15) is 26.8 Å². The van der Waals surface area contributed by atoms with Gasteiger partial charge in [0.1, 0.15) is 10.8 Å². The number of aryl methyl sites for hydroxylation is 1. The van der Waals surface area contributed by atoms with Crippen LogP contribution in [0, 0.1) is 6.92 Å². The summed E-state index contributed by atoms with van der Waals surface area (Å²) in [6.07, 6.45) is 0.783. The summed E-state index contributed by atoms with van der Waals surface area (Å²) in [5.74, 6) is 0.557. The number of hydrogen-bond acceptors (Lipinski definition) is 5. The van der Waals surface area contributed by atoms with Crippen LogP contribution in [0.3, 0.4) is 0 Å². The number of nitrogens with zero attached hydrogens (tertiary/aromatic N) is 1. The second-order valence-corrected chi connectivity index (χ2v) is 10.3. The molecule has 1 heterocycles. The van der Waals surface area contributed by atoms with Gasteiger partial charge in [0, 0.05) is 32.6 Å². The topological polar surface area (TPSA) is 59.4 Å². The highest BCUT2D eigenvalue weighted by Crippen LogP contribution is 2.51. The summed E-state index contributed by atoms with van der Waals surface area (Å²) in [6.45, 7) is 1.73. The predicted molar refractivity (Wildman–Crippen MR) is 135 cm³/mol. The van der Waals surface area contributed by atoms with Crippen LogP contribution in [0.25, 0.3) is 21.8 Å². The van der Waals surface area contributed by atoms with Crippen molar-refractivity contribution < 1.29 is 14.6 Å². The zero-order valence-corrected chi connectivity index (χ0v) is 19.8. The summed E-state index contributed by atoms with van der Waals surface area (Å²) in [4.78, 5) is 17.4. The molecule has 0 aliphatic heterocycles. The van der Waals surface area contributed by atoms with E-state index < -0.39 is 5.97 Å². The van der Waals surface area contributed by atoms with Crippen LogP contribution >= 0.6 is 23.1 Å². The molecule has 0 saturated carbocycles. The summed E-state index contributed by atoms with van der Waals surface area (Å²) in [6, 6.07) is 24.8. The van der Waals surface area contributed by atoms with Crippen molar-refractivity contribution in [1.82, 2.24) is 4.98 Å². The zero-order valence-electron chi connectivity index (χ0n) is 18.2. The third-order valence-corrected chi connectivity index (χ3v) is 8.34. The Kier molecular flexibility index (Phi) is 6.20. The van der Waals surface area contributed by atoms with E-state index in [1.165, 1.54) is 16.0 Å². The van der Waals surface area contributed by atoms with Gasteiger partial charge in [0.05, 0.1) is 5.69 Å². The Morgan fingerprint density at radius 2 is 1.88 bits per heavy atom. The minimum absolute atomic E-state index is 0.221. The fraction of sp³-hybridized carbons (Fsp3) is 0.185. The molecular weight excluding hydrogens is 450 g/mol. The molecular formula is C27H23NO3S2. The first kappa shape index (κ1) is 21.7. The molecule has 3 aromatic carbocycles. The second kappa shape index (κ2) is 9.41. The van der Waals surface area contributed by atoms with E-state index in [9.17, 15) is 4.79 Å². The minimum Gasteiger partial charge on any atom is -0.482 e. The maximum Gasteiger partial charge on any atom is 0.341 e. The van der Waals surface area contributed by atoms with Gasteiger partial charge in [-0.1, -0.05) is 72.3 Å². The molecule has 4 nitrogen and oxygen atoms in total. The van der Waals surface area contributed by atoms with E-state index in [2.05, 4.69) is 61.5 Å². The SMILES string of the molecule is Cc1ccc(-c2nc3c(s2)C(SCc2ccccc2)Cc2c(OCC(=O)O)cccc2-3)cc1. The van der Waals surface area contributed by atoms with Crippen molar-refractivity contribution in [1.29, 1.82) is 0 Å². The van der Waals surface area contributed by atoms with Gasteiger partial charge in [0.25, 0.3) is 0 Å². The molecule has 1 aromatic heterocycles. The number of carboxylic acids is 1. The Labute approximate surface area is 201 Å². The number of ether oxygens (including phenoxy) is 1. The Morgan fingerprint density at radius 1 is 1.09 bits per heavy atom. The summed E-state index contributed by atoms with van der Waals surface area (Å²) < 4.78 is 5.66. The number of benzene rings is 3. The Bertz CT molecular complexity index is 1280. The third kappa shape index (κ3) is 4.68. The Balaban J connectivity index is 1.54. The first-order chi connectivity index (χ1) is 16.1. The molecule has 33 heavy (non-hydrogen) atoms. The van der Waals surface area contributed by atoms with E-state index in [-0.39, 0.29) is 11.9 Å². The first-order valence-corrected chi connectivity index (χ1v) is 12.6. The van der Waals surface area contributed by atoms with Gasteiger partial charge in [-0.3, -0.25) is 0 Å². The molecule has 1 aliphatic rings. The molecule has 0 amide bonds. The lowest BCUT2D eigenvalue weighted by Crippen LogP contribution is -2.13. The number of carbonyl (C=O) groups is 1. The third-order valence-electron chi connectivity index (χ3n) is 5.67. The molecule has 0 fully saturated rings. The number of thiazole rings is 1. The van der Waals surface area contributed by atoms with Crippen LogP contribution in [0.4, 0.5) is 0 Å². The van der Waals surface area contributed by atoms with Gasteiger partial charge < -0.3 is 9.84 Å². The van der Waals surface area contributed by atoms with Crippen LogP contribution in [0.5, 0.6) is 5.75 Å². The molecule has 4 aromatic rings. The molecule has 5 rings (SSSR count). The van der Waals surface area contributed by atoms with Gasteiger partial charge in [0.2, 0.25) is 0 Å². The summed E-state index contributed by atoms with van der Waals surface area (Å²) in [5, 5.41) is 10.3. The van der Waals surface area contributed by atoms with Crippen LogP contribution in [-0.4, -0.2) is 22.7 Å². The lowest BCUT2D eigenvalue weighted by molar-refractivity contribution is -0.139. The fourth-order valence-corrected chi connectivity index (χ4v) is 6.57. The average Bonchev–Trinajstić information content (AvgIpc) is 3.28. The molecule has 1 N–H and O–H groups in total. The number of carboxylic acid groups (broad SMARTS) is 1. The van der Waals surface area contributed by atoms with E-state index in [4.69, 9.17) is 14.8 Å². The molecule has 166 valence electrons. The van der Waals surface area contributed by atoms with E-state index in [1.54, 1.807) is 11.3 Å². The number of thioether (sulfide) groups is 1. The van der Waals surface area contributed by atoms with Crippen molar-refractivity contribution in [2.45, 2.75) is 24.3 Å². The molecule has 0 spiro atoms. The van der Waals surface area contributed by atoms with Crippen molar-refractivity contribution in [3.63, 3.8) is 0 Å². The van der Waals surface area contributed by atoms with Crippen molar-refractivity contribution in [2.24, 2.45) is 0 Å². The molecule has 1 aliphatic carbocycles. The highest BCUT2D eigenvalue weighted by atomic mass is 32.2. The molecule has 1 atom stereocenters. The number of hydrogen-bond donors (Lipinski definition) is 1. The number of rotatable bonds is 7. The smallest absolute Gasteiger partial charge is 0.341 e. The Hall–Kier alpha value is -3.09.